The number of carbonyl (C=O) groups excluding carboxylic acids is 2. The van der Waals surface area contributed by atoms with Crippen LogP contribution in [0.2, 0.25) is 0 Å². The SMILES string of the molecule is NC(=O)[C@]1(CCCN2CCCC2)[C@@H]2CC[C@@H](C23CC3)[C@@]1(C(N)=O)c1ccc(Br)cc1. The first-order valence-corrected chi connectivity index (χ1v) is 12.3. The number of amides is 2. The fraction of sp³-hybridized carbons (Fsp3) is 0.667. The minimum atomic E-state index is -0.996. The summed E-state index contributed by atoms with van der Waals surface area (Å²) in [4.78, 5) is 29.3. The maximum Gasteiger partial charge on any atom is 0.229 e. The zero-order valence-corrected chi connectivity index (χ0v) is 19.1. The lowest BCUT2D eigenvalue weighted by molar-refractivity contribution is -0.147. The van der Waals surface area contributed by atoms with Crippen molar-refractivity contribution in [2.75, 3.05) is 19.6 Å². The van der Waals surface area contributed by atoms with E-state index in [1.165, 1.54) is 12.8 Å². The highest BCUT2D eigenvalue weighted by atomic mass is 79.9. The van der Waals surface area contributed by atoms with Gasteiger partial charge in [0, 0.05) is 4.47 Å². The van der Waals surface area contributed by atoms with E-state index in [-0.39, 0.29) is 29.1 Å². The molecule has 3 aliphatic carbocycles. The molecule has 6 heteroatoms. The topological polar surface area (TPSA) is 89.4 Å². The van der Waals surface area contributed by atoms with Crippen molar-refractivity contribution < 1.29 is 9.59 Å². The minimum Gasteiger partial charge on any atom is -0.369 e. The molecule has 2 bridgehead atoms. The molecule has 1 heterocycles. The van der Waals surface area contributed by atoms with Crippen LogP contribution in [0.5, 0.6) is 0 Å². The van der Waals surface area contributed by atoms with Crippen LogP contribution < -0.4 is 11.5 Å². The predicted octanol–water partition coefficient (Wildman–Crippen LogP) is 3.34. The van der Waals surface area contributed by atoms with Gasteiger partial charge < -0.3 is 16.4 Å². The number of rotatable bonds is 7. The number of halogens is 1. The molecule has 4 N–H and O–H groups in total. The van der Waals surface area contributed by atoms with Crippen molar-refractivity contribution in [1.82, 2.24) is 4.90 Å². The number of hydrogen-bond donors (Lipinski definition) is 2. The van der Waals surface area contributed by atoms with Crippen molar-refractivity contribution >= 4 is 27.7 Å². The third-order valence-electron chi connectivity index (χ3n) is 9.15. The zero-order chi connectivity index (χ0) is 21.1. The van der Waals surface area contributed by atoms with Crippen LogP contribution >= 0.6 is 15.9 Å². The van der Waals surface area contributed by atoms with E-state index in [2.05, 4.69) is 20.8 Å². The minimum absolute atomic E-state index is 0.0742. The summed E-state index contributed by atoms with van der Waals surface area (Å²) in [5, 5.41) is 0. The summed E-state index contributed by atoms with van der Waals surface area (Å²) in [5.74, 6) is -0.387. The Balaban J connectivity index is 1.62. The van der Waals surface area contributed by atoms with Gasteiger partial charge in [-0.05, 0) is 106 Å². The Morgan fingerprint density at radius 1 is 1.00 bits per heavy atom. The number of nitrogens with zero attached hydrogens (tertiary/aromatic N) is 1. The van der Waals surface area contributed by atoms with Crippen LogP contribution in [0.15, 0.2) is 28.7 Å². The van der Waals surface area contributed by atoms with Crippen LogP contribution in [0.25, 0.3) is 0 Å². The van der Waals surface area contributed by atoms with Crippen molar-refractivity contribution in [2.45, 2.75) is 56.8 Å². The van der Waals surface area contributed by atoms with Crippen LogP contribution in [0, 0.1) is 22.7 Å². The average Bonchev–Trinajstić information content (AvgIpc) is 3.08. The quantitative estimate of drug-likeness (QED) is 0.635. The molecule has 0 unspecified atom stereocenters. The number of likely N-dealkylation sites (tertiary alicyclic amines) is 1. The maximum absolute atomic E-state index is 13.4. The van der Waals surface area contributed by atoms with E-state index >= 15 is 0 Å². The molecular weight excluding hydrogens is 442 g/mol. The summed E-state index contributed by atoms with van der Waals surface area (Å²) in [7, 11) is 0. The van der Waals surface area contributed by atoms with E-state index < -0.39 is 10.8 Å². The number of hydrogen-bond acceptors (Lipinski definition) is 3. The lowest BCUT2D eigenvalue weighted by Gasteiger charge is -2.50. The molecular formula is C24H32BrN3O2. The van der Waals surface area contributed by atoms with E-state index in [0.717, 1.165) is 61.8 Å². The smallest absolute Gasteiger partial charge is 0.229 e. The Morgan fingerprint density at radius 3 is 2.20 bits per heavy atom. The Kier molecular flexibility index (Phi) is 4.82. The molecule has 4 fully saturated rings. The van der Waals surface area contributed by atoms with E-state index in [4.69, 9.17) is 11.5 Å². The van der Waals surface area contributed by atoms with Crippen molar-refractivity contribution in [2.24, 2.45) is 34.1 Å². The van der Waals surface area contributed by atoms with Crippen LogP contribution in [0.3, 0.4) is 0 Å². The number of carbonyl (C=O) groups is 2. The molecule has 4 aliphatic rings. The molecule has 1 aromatic rings. The maximum atomic E-state index is 13.4. The Bertz CT molecular complexity index is 862. The second-order valence-corrected chi connectivity index (χ2v) is 11.0. The van der Waals surface area contributed by atoms with Gasteiger partial charge in [-0.25, -0.2) is 0 Å². The first-order chi connectivity index (χ1) is 14.4. The van der Waals surface area contributed by atoms with Gasteiger partial charge in [0.15, 0.2) is 0 Å². The van der Waals surface area contributed by atoms with Gasteiger partial charge in [-0.1, -0.05) is 28.1 Å². The molecule has 0 aromatic heterocycles. The molecule has 30 heavy (non-hydrogen) atoms. The number of benzene rings is 1. The van der Waals surface area contributed by atoms with Crippen LogP contribution in [0.1, 0.15) is 56.9 Å². The lowest BCUT2D eigenvalue weighted by Crippen LogP contribution is -2.63. The second kappa shape index (κ2) is 7.06. The fourth-order valence-corrected chi connectivity index (χ4v) is 8.38. The van der Waals surface area contributed by atoms with Crippen LogP contribution in [-0.2, 0) is 15.0 Å². The van der Waals surface area contributed by atoms with Crippen molar-refractivity contribution in [1.29, 1.82) is 0 Å². The first-order valence-electron chi connectivity index (χ1n) is 11.5. The summed E-state index contributed by atoms with van der Waals surface area (Å²) in [6, 6.07) is 7.90. The molecule has 5 nitrogen and oxygen atoms in total. The lowest BCUT2D eigenvalue weighted by atomic mass is 9.51. The molecule has 162 valence electrons. The van der Waals surface area contributed by atoms with Gasteiger partial charge in [0.2, 0.25) is 11.8 Å². The third-order valence-corrected chi connectivity index (χ3v) is 9.68. The van der Waals surface area contributed by atoms with Crippen molar-refractivity contribution in [3.8, 4) is 0 Å². The zero-order valence-electron chi connectivity index (χ0n) is 17.5. The fourth-order valence-electron chi connectivity index (χ4n) is 8.12. The average molecular weight is 474 g/mol. The predicted molar refractivity (Wildman–Crippen MR) is 119 cm³/mol. The monoisotopic (exact) mass is 473 g/mol. The normalized spacial score (nSPS) is 36.4. The third kappa shape index (κ3) is 2.49. The van der Waals surface area contributed by atoms with Crippen LogP contribution in [-0.4, -0.2) is 36.3 Å². The standard InChI is InChI=1S/C24H32BrN3O2/c25-17-6-4-16(5-7-17)24(21(27)30)19-9-8-18(22(19)11-12-22)23(24,20(26)29)10-3-15-28-13-1-2-14-28/h4-7,18-19H,1-3,8-15H2,(H2,26,29)(H2,27,30)/t18-,19+,23+,24-/m1/s1. The molecule has 3 saturated carbocycles. The van der Waals surface area contributed by atoms with Crippen molar-refractivity contribution in [3.05, 3.63) is 34.3 Å². The Hall–Kier alpha value is -1.40. The highest BCUT2D eigenvalue weighted by Gasteiger charge is 2.83. The molecule has 4 atom stereocenters. The summed E-state index contributed by atoms with van der Waals surface area (Å²) in [6.45, 7) is 3.23. The Labute approximate surface area is 187 Å². The van der Waals surface area contributed by atoms with Gasteiger partial charge in [-0.15, -0.1) is 0 Å². The summed E-state index contributed by atoms with van der Waals surface area (Å²) in [5.41, 5.74) is 11.6. The molecule has 1 aromatic carbocycles. The molecule has 1 aliphatic heterocycles. The van der Waals surface area contributed by atoms with Gasteiger partial charge in [-0.2, -0.15) is 0 Å². The second-order valence-electron chi connectivity index (χ2n) is 10.1. The van der Waals surface area contributed by atoms with Crippen molar-refractivity contribution in [3.63, 3.8) is 0 Å². The highest BCUT2D eigenvalue weighted by molar-refractivity contribution is 9.10. The molecule has 2 amide bonds. The Morgan fingerprint density at radius 2 is 1.63 bits per heavy atom. The summed E-state index contributed by atoms with van der Waals surface area (Å²) < 4.78 is 0.953. The van der Waals surface area contributed by atoms with E-state index in [0.29, 0.717) is 6.42 Å². The molecule has 0 radical (unpaired) electrons. The van der Waals surface area contributed by atoms with Gasteiger partial charge in [0.25, 0.3) is 0 Å². The van der Waals surface area contributed by atoms with E-state index in [1.54, 1.807) is 0 Å². The number of nitrogens with two attached hydrogens (primary N) is 2. The van der Waals surface area contributed by atoms with Gasteiger partial charge >= 0.3 is 0 Å². The van der Waals surface area contributed by atoms with Gasteiger partial charge in [-0.3, -0.25) is 9.59 Å². The summed E-state index contributed by atoms with van der Waals surface area (Å²) >= 11 is 3.51. The molecule has 1 spiro atoms. The molecule has 1 saturated heterocycles. The number of primary amides is 2. The first kappa shape index (κ1) is 20.5. The molecule has 5 rings (SSSR count). The highest BCUT2D eigenvalue weighted by Crippen LogP contribution is 2.82. The summed E-state index contributed by atoms with van der Waals surface area (Å²) in [6.07, 6.45) is 8.17. The van der Waals surface area contributed by atoms with E-state index in [1.807, 2.05) is 24.3 Å². The van der Waals surface area contributed by atoms with Crippen LogP contribution in [0.4, 0.5) is 0 Å². The van der Waals surface area contributed by atoms with Gasteiger partial charge in [0.05, 0.1) is 10.8 Å². The largest absolute Gasteiger partial charge is 0.369 e. The van der Waals surface area contributed by atoms with Gasteiger partial charge in [0.1, 0.15) is 0 Å². The van der Waals surface area contributed by atoms with E-state index in [9.17, 15) is 9.59 Å².